The van der Waals surface area contributed by atoms with E-state index in [1.807, 2.05) is 48.5 Å². The molecular formula is C38H48N2O8+2. The number of hydrogen-bond acceptors (Lipinski definition) is 8. The Morgan fingerprint density at radius 2 is 0.896 bits per heavy atom. The van der Waals surface area contributed by atoms with Crippen molar-refractivity contribution in [3.63, 3.8) is 0 Å². The molecule has 4 unspecified atom stereocenters. The van der Waals surface area contributed by atoms with Crippen LogP contribution >= 0.6 is 0 Å². The van der Waals surface area contributed by atoms with E-state index in [2.05, 4.69) is 14.1 Å². The van der Waals surface area contributed by atoms with Crippen LogP contribution in [0.3, 0.4) is 0 Å². The second kappa shape index (κ2) is 13.8. The summed E-state index contributed by atoms with van der Waals surface area (Å²) >= 11 is 0. The maximum absolute atomic E-state index is 12.8. The molecule has 4 saturated heterocycles. The van der Waals surface area contributed by atoms with Crippen molar-refractivity contribution < 1.29 is 47.1 Å². The highest BCUT2D eigenvalue weighted by Crippen LogP contribution is 2.45. The summed E-state index contributed by atoms with van der Waals surface area (Å²) in [7, 11) is 4.58. The Morgan fingerprint density at radius 3 is 1.19 bits per heavy atom. The number of fused-ring (bicyclic) bond motifs is 4. The first-order valence-corrected chi connectivity index (χ1v) is 17.2. The zero-order valence-electron chi connectivity index (χ0n) is 28.5. The quantitative estimate of drug-likeness (QED) is 0.149. The molecule has 48 heavy (non-hydrogen) atoms. The van der Waals surface area contributed by atoms with Crippen LogP contribution in [-0.4, -0.2) is 83.3 Å². The van der Waals surface area contributed by atoms with Gasteiger partial charge in [0.1, 0.15) is 36.8 Å². The predicted molar refractivity (Wildman–Crippen MR) is 176 cm³/mol. The topological polar surface area (TPSA) is 105 Å². The van der Waals surface area contributed by atoms with Crippen molar-refractivity contribution in [1.29, 1.82) is 0 Å². The van der Waals surface area contributed by atoms with Gasteiger partial charge in [-0.15, -0.1) is 0 Å². The normalized spacial score (nSPS) is 32.1. The molecule has 0 radical (unpaired) electrons. The van der Waals surface area contributed by atoms with Crippen LogP contribution in [-0.2, 0) is 41.7 Å². The highest BCUT2D eigenvalue weighted by molar-refractivity contribution is 5.91. The van der Waals surface area contributed by atoms with Gasteiger partial charge in [0, 0.05) is 88.5 Å². The molecule has 4 heterocycles. The number of carbonyl (C=O) groups is 4. The third kappa shape index (κ3) is 7.50. The van der Waals surface area contributed by atoms with Crippen molar-refractivity contribution in [2.45, 2.75) is 115 Å². The number of benzene rings is 2. The highest BCUT2D eigenvalue weighted by Gasteiger charge is 2.53. The summed E-state index contributed by atoms with van der Waals surface area (Å²) in [5.74, 6) is -0.569. The summed E-state index contributed by atoms with van der Waals surface area (Å²) in [6.45, 7) is 4.53. The fourth-order valence-corrected chi connectivity index (χ4v) is 9.08. The van der Waals surface area contributed by atoms with Gasteiger partial charge in [-0.3, -0.25) is 9.59 Å². The third-order valence-corrected chi connectivity index (χ3v) is 11.5. The van der Waals surface area contributed by atoms with Gasteiger partial charge >= 0.3 is 23.9 Å². The van der Waals surface area contributed by atoms with E-state index >= 15 is 0 Å². The van der Waals surface area contributed by atoms with Gasteiger partial charge in [0.2, 0.25) is 0 Å². The Kier molecular flexibility index (Phi) is 9.76. The van der Waals surface area contributed by atoms with Crippen molar-refractivity contribution in [2.75, 3.05) is 14.1 Å². The van der Waals surface area contributed by atoms with Gasteiger partial charge in [-0.2, -0.15) is 0 Å². The van der Waals surface area contributed by atoms with Crippen molar-refractivity contribution in [2.24, 2.45) is 0 Å². The average molecular weight is 661 g/mol. The molecule has 0 saturated carbocycles. The summed E-state index contributed by atoms with van der Waals surface area (Å²) in [6.07, 6.45) is 9.62. The van der Waals surface area contributed by atoms with Crippen LogP contribution in [0.15, 0.2) is 60.7 Å². The summed E-state index contributed by atoms with van der Waals surface area (Å²) in [4.78, 5) is 48.0. The lowest BCUT2D eigenvalue weighted by Gasteiger charge is -2.47. The molecule has 4 aliphatic heterocycles. The van der Waals surface area contributed by atoms with Crippen LogP contribution in [0.4, 0.5) is 0 Å². The zero-order valence-corrected chi connectivity index (χ0v) is 28.5. The Balaban J connectivity index is 0.960. The van der Waals surface area contributed by atoms with E-state index in [1.165, 1.54) is 37.1 Å². The monoisotopic (exact) mass is 660 g/mol. The van der Waals surface area contributed by atoms with Crippen molar-refractivity contribution in [1.82, 2.24) is 0 Å². The molecule has 4 atom stereocenters. The second-order valence-corrected chi connectivity index (χ2v) is 14.6. The summed E-state index contributed by atoms with van der Waals surface area (Å²) < 4.78 is 23.9. The Bertz CT molecular complexity index is 1410. The Hall–Kier alpha value is -4.02. The maximum atomic E-state index is 12.8. The van der Waals surface area contributed by atoms with Crippen LogP contribution < -0.4 is 9.47 Å². The number of quaternary nitrogens is 2. The van der Waals surface area contributed by atoms with Crippen molar-refractivity contribution in [3.8, 4) is 11.5 Å². The number of esters is 4. The molecule has 6 rings (SSSR count). The first-order chi connectivity index (χ1) is 22.9. The van der Waals surface area contributed by atoms with Gasteiger partial charge in [-0.05, 0) is 48.5 Å². The number of rotatable bonds is 10. The van der Waals surface area contributed by atoms with E-state index in [-0.39, 0.29) is 24.1 Å². The molecule has 2 aromatic rings. The molecule has 256 valence electrons. The fourth-order valence-electron chi connectivity index (χ4n) is 9.08. The SMILES string of the molecule is CC(=O)Oc1ccc(C[N+]2(C)C3CCC2CC(OC(=O)C=CC(=O)OC2CC4CCC(C2)[N+]4(C)Cc2ccc(OC(C)=O)cc2)C3)cc1. The predicted octanol–water partition coefficient (Wildman–Crippen LogP) is 5.16. The minimum Gasteiger partial charge on any atom is -0.459 e. The lowest BCUT2D eigenvalue weighted by molar-refractivity contribution is -0.961. The summed E-state index contributed by atoms with van der Waals surface area (Å²) in [5.41, 5.74) is 2.37. The smallest absolute Gasteiger partial charge is 0.331 e. The van der Waals surface area contributed by atoms with Gasteiger partial charge < -0.3 is 27.9 Å². The molecule has 4 bridgehead atoms. The molecule has 10 heteroatoms. The molecule has 0 spiro atoms. The first-order valence-electron chi connectivity index (χ1n) is 17.2. The molecule has 2 aromatic carbocycles. The molecular weight excluding hydrogens is 612 g/mol. The first kappa shape index (κ1) is 33.9. The zero-order chi connectivity index (χ0) is 34.1. The van der Waals surface area contributed by atoms with Crippen LogP contribution in [0, 0.1) is 0 Å². The second-order valence-electron chi connectivity index (χ2n) is 14.6. The summed E-state index contributed by atoms with van der Waals surface area (Å²) in [6, 6.07) is 16.9. The van der Waals surface area contributed by atoms with Gasteiger partial charge in [-0.1, -0.05) is 0 Å². The van der Waals surface area contributed by atoms with Gasteiger partial charge in [0.15, 0.2) is 0 Å². The van der Waals surface area contributed by atoms with Crippen LogP contribution in [0.2, 0.25) is 0 Å². The highest BCUT2D eigenvalue weighted by atomic mass is 16.6. The van der Waals surface area contributed by atoms with Crippen LogP contribution in [0.1, 0.15) is 76.3 Å². The van der Waals surface area contributed by atoms with Gasteiger partial charge in [0.05, 0.1) is 38.3 Å². The number of carbonyl (C=O) groups excluding carboxylic acids is 4. The van der Waals surface area contributed by atoms with Crippen molar-refractivity contribution >= 4 is 23.9 Å². The van der Waals surface area contributed by atoms with E-state index in [0.717, 1.165) is 73.4 Å². The van der Waals surface area contributed by atoms with E-state index in [4.69, 9.17) is 18.9 Å². The van der Waals surface area contributed by atoms with Gasteiger partial charge in [0.25, 0.3) is 0 Å². The molecule has 0 aliphatic carbocycles. The minimum atomic E-state index is -0.499. The Morgan fingerprint density at radius 1 is 0.583 bits per heavy atom. The lowest BCUT2D eigenvalue weighted by atomic mass is 9.95. The number of hydrogen-bond donors (Lipinski definition) is 0. The maximum Gasteiger partial charge on any atom is 0.331 e. The van der Waals surface area contributed by atoms with Crippen LogP contribution in [0.5, 0.6) is 11.5 Å². The van der Waals surface area contributed by atoms with Crippen LogP contribution in [0.25, 0.3) is 0 Å². The molecule has 0 aromatic heterocycles. The molecule has 0 N–H and O–H groups in total. The molecule has 4 aliphatic rings. The lowest BCUT2D eigenvalue weighted by Crippen LogP contribution is -2.58. The van der Waals surface area contributed by atoms with Crippen molar-refractivity contribution in [3.05, 3.63) is 71.8 Å². The largest absolute Gasteiger partial charge is 0.459 e. The number of piperidine rings is 2. The standard InChI is InChI=1S/C38H48N2O8/c1-25(41)45-33-13-5-27(6-14-33)23-39(3)29-9-10-30(39)20-35(19-29)47-37(43)17-18-38(44)48-36-21-31-11-12-32(22-36)40(31,4)24-28-7-15-34(16-8-28)46-26(2)42/h5-8,13-18,29-32,35-36H,9-12,19-24H2,1-4H3/q+2. The molecule has 4 fully saturated rings. The van der Waals surface area contributed by atoms with E-state index in [9.17, 15) is 19.2 Å². The average Bonchev–Trinajstić information content (AvgIpc) is 3.27. The number of ether oxygens (including phenoxy) is 4. The minimum absolute atomic E-state index is 0.171. The third-order valence-electron chi connectivity index (χ3n) is 11.5. The molecule has 10 nitrogen and oxygen atoms in total. The van der Waals surface area contributed by atoms with Gasteiger partial charge in [-0.25, -0.2) is 9.59 Å². The van der Waals surface area contributed by atoms with E-state index in [1.54, 1.807) is 0 Å². The summed E-state index contributed by atoms with van der Waals surface area (Å²) in [5, 5.41) is 0. The van der Waals surface area contributed by atoms with E-state index < -0.39 is 11.9 Å². The number of nitrogens with zero attached hydrogens (tertiary/aromatic N) is 2. The fraction of sp³-hybridized carbons (Fsp3) is 0.526. The molecule has 0 amide bonds. The van der Waals surface area contributed by atoms with E-state index in [0.29, 0.717) is 35.7 Å². The Labute approximate surface area is 282 Å².